The van der Waals surface area contributed by atoms with Gasteiger partial charge in [0.1, 0.15) is 6.10 Å². The second-order valence-corrected chi connectivity index (χ2v) is 8.82. The third-order valence-corrected chi connectivity index (χ3v) is 6.42. The number of esters is 1. The van der Waals surface area contributed by atoms with Crippen molar-refractivity contribution in [2.24, 2.45) is 24.8 Å². The van der Waals surface area contributed by atoms with Crippen LogP contribution in [-0.2, 0) is 16.6 Å². The van der Waals surface area contributed by atoms with Gasteiger partial charge in [0, 0.05) is 12.6 Å². The van der Waals surface area contributed by atoms with Crippen molar-refractivity contribution in [2.45, 2.75) is 51.3 Å². The van der Waals surface area contributed by atoms with Gasteiger partial charge >= 0.3 is 5.97 Å². The number of hydrogen-bond acceptors (Lipinski definition) is 5. The number of carbonyl (C=O) groups excluding carboxylic acids is 1. The van der Waals surface area contributed by atoms with Gasteiger partial charge in [0.25, 0.3) is 0 Å². The summed E-state index contributed by atoms with van der Waals surface area (Å²) in [5, 5.41) is 9.22. The first-order valence-corrected chi connectivity index (χ1v) is 10.7. The lowest BCUT2D eigenvalue weighted by Crippen LogP contribution is -2.36. The fraction of sp³-hybridized carbons (Fsp3) is 0.571. The summed E-state index contributed by atoms with van der Waals surface area (Å²) in [6.07, 6.45) is 3.39. The minimum atomic E-state index is -0.158. The molecule has 1 aromatic carbocycles. The van der Waals surface area contributed by atoms with Gasteiger partial charge in [0.15, 0.2) is 11.0 Å². The largest absolute Gasteiger partial charge is 0.461 e. The molecule has 0 bridgehead atoms. The standard InChI is InChI=1S/C21H29N3O2S/c1-14(2)17-11-10-15(3)12-18(17)26-19(25)13-27-21-23-22-20(24(21)4)16-8-6-5-7-9-16/h5-9,14-15,17-18H,10-13H2,1-4H3/t15-,17+,18-/m1/s1. The average molecular weight is 388 g/mol. The van der Waals surface area contributed by atoms with Gasteiger partial charge < -0.3 is 9.30 Å². The molecule has 0 radical (unpaired) electrons. The Hall–Kier alpha value is -1.82. The molecule has 0 aliphatic heterocycles. The molecule has 1 saturated carbocycles. The lowest BCUT2D eigenvalue weighted by Gasteiger charge is -2.36. The molecule has 1 heterocycles. The van der Waals surface area contributed by atoms with Crippen molar-refractivity contribution in [2.75, 3.05) is 5.75 Å². The lowest BCUT2D eigenvalue weighted by atomic mass is 9.75. The van der Waals surface area contributed by atoms with Crippen molar-refractivity contribution in [3.05, 3.63) is 30.3 Å². The van der Waals surface area contributed by atoms with Gasteiger partial charge in [-0.05, 0) is 30.6 Å². The number of carbonyl (C=O) groups is 1. The van der Waals surface area contributed by atoms with Crippen LogP contribution in [0, 0.1) is 17.8 Å². The fourth-order valence-corrected chi connectivity index (χ4v) is 4.55. The third kappa shape index (κ3) is 4.92. The van der Waals surface area contributed by atoms with Crippen LogP contribution in [0.2, 0.25) is 0 Å². The second-order valence-electron chi connectivity index (χ2n) is 7.87. The number of benzene rings is 1. The maximum atomic E-state index is 12.4. The Kier molecular flexibility index (Phi) is 6.58. The molecule has 1 fully saturated rings. The molecule has 1 aromatic heterocycles. The maximum Gasteiger partial charge on any atom is 0.316 e. The fourth-order valence-electron chi connectivity index (χ4n) is 3.86. The highest BCUT2D eigenvalue weighted by atomic mass is 32.2. The van der Waals surface area contributed by atoms with Gasteiger partial charge in [-0.25, -0.2) is 0 Å². The van der Waals surface area contributed by atoms with E-state index in [4.69, 9.17) is 4.74 Å². The molecule has 1 aliphatic rings. The van der Waals surface area contributed by atoms with Crippen molar-refractivity contribution in [1.29, 1.82) is 0 Å². The Morgan fingerprint density at radius 2 is 2.00 bits per heavy atom. The Morgan fingerprint density at radius 1 is 1.26 bits per heavy atom. The number of aromatic nitrogens is 3. The molecule has 0 N–H and O–H groups in total. The van der Waals surface area contributed by atoms with E-state index in [0.29, 0.717) is 17.8 Å². The predicted molar refractivity (Wildman–Crippen MR) is 108 cm³/mol. The molecule has 0 saturated heterocycles. The van der Waals surface area contributed by atoms with E-state index in [9.17, 15) is 4.79 Å². The van der Waals surface area contributed by atoms with E-state index in [1.807, 2.05) is 41.9 Å². The summed E-state index contributed by atoms with van der Waals surface area (Å²) in [6.45, 7) is 6.69. The normalized spacial score (nSPS) is 22.8. The maximum absolute atomic E-state index is 12.4. The van der Waals surface area contributed by atoms with Gasteiger partial charge in [0.05, 0.1) is 5.75 Å². The molecule has 0 amide bonds. The van der Waals surface area contributed by atoms with Crippen LogP contribution in [0.15, 0.2) is 35.5 Å². The second kappa shape index (κ2) is 8.91. The molecule has 5 nitrogen and oxygen atoms in total. The Bertz CT molecular complexity index is 760. The van der Waals surface area contributed by atoms with Crippen molar-refractivity contribution in [1.82, 2.24) is 14.8 Å². The molecule has 3 rings (SSSR count). The Morgan fingerprint density at radius 3 is 2.70 bits per heavy atom. The first-order valence-electron chi connectivity index (χ1n) is 9.72. The van der Waals surface area contributed by atoms with Crippen molar-refractivity contribution < 1.29 is 9.53 Å². The molecule has 6 heteroatoms. The summed E-state index contributed by atoms with van der Waals surface area (Å²) in [5.74, 6) is 2.53. The summed E-state index contributed by atoms with van der Waals surface area (Å²) in [7, 11) is 1.92. The van der Waals surface area contributed by atoms with E-state index in [0.717, 1.165) is 29.4 Å². The van der Waals surface area contributed by atoms with E-state index in [1.165, 1.54) is 18.2 Å². The van der Waals surface area contributed by atoms with Crippen molar-refractivity contribution in [3.63, 3.8) is 0 Å². The molecular weight excluding hydrogens is 358 g/mol. The number of thioether (sulfide) groups is 1. The summed E-state index contributed by atoms with van der Waals surface area (Å²) in [4.78, 5) is 12.4. The minimum absolute atomic E-state index is 0.0428. The summed E-state index contributed by atoms with van der Waals surface area (Å²) >= 11 is 1.38. The van der Waals surface area contributed by atoms with E-state index in [1.54, 1.807) is 0 Å². The topological polar surface area (TPSA) is 57.0 Å². The zero-order valence-electron chi connectivity index (χ0n) is 16.6. The summed E-state index contributed by atoms with van der Waals surface area (Å²) in [5.41, 5.74) is 1.01. The van der Waals surface area contributed by atoms with Gasteiger partial charge in [0.2, 0.25) is 0 Å². The highest BCUT2D eigenvalue weighted by Crippen LogP contribution is 2.35. The Labute approximate surface area is 165 Å². The van der Waals surface area contributed by atoms with Crippen LogP contribution in [-0.4, -0.2) is 32.6 Å². The molecular formula is C21H29N3O2S. The van der Waals surface area contributed by atoms with Crippen LogP contribution in [0.25, 0.3) is 11.4 Å². The van der Waals surface area contributed by atoms with E-state index >= 15 is 0 Å². The number of nitrogens with zero attached hydrogens (tertiary/aromatic N) is 3. The van der Waals surface area contributed by atoms with Gasteiger partial charge in [-0.15, -0.1) is 10.2 Å². The van der Waals surface area contributed by atoms with E-state index in [-0.39, 0.29) is 17.8 Å². The van der Waals surface area contributed by atoms with Crippen LogP contribution in [0.4, 0.5) is 0 Å². The molecule has 2 aromatic rings. The zero-order chi connectivity index (χ0) is 19.4. The van der Waals surface area contributed by atoms with Crippen LogP contribution < -0.4 is 0 Å². The van der Waals surface area contributed by atoms with Crippen LogP contribution in [0.5, 0.6) is 0 Å². The zero-order valence-corrected chi connectivity index (χ0v) is 17.4. The molecule has 146 valence electrons. The van der Waals surface area contributed by atoms with Crippen molar-refractivity contribution in [3.8, 4) is 11.4 Å². The monoisotopic (exact) mass is 387 g/mol. The molecule has 0 spiro atoms. The third-order valence-electron chi connectivity index (χ3n) is 5.43. The van der Waals surface area contributed by atoms with Crippen LogP contribution in [0.3, 0.4) is 0 Å². The van der Waals surface area contributed by atoms with Crippen LogP contribution >= 0.6 is 11.8 Å². The van der Waals surface area contributed by atoms with Gasteiger partial charge in [-0.2, -0.15) is 0 Å². The molecule has 1 aliphatic carbocycles. The first kappa shape index (κ1) is 19.9. The quantitative estimate of drug-likeness (QED) is 0.536. The summed E-state index contributed by atoms with van der Waals surface area (Å²) in [6, 6.07) is 9.93. The van der Waals surface area contributed by atoms with Crippen LogP contribution in [0.1, 0.15) is 40.0 Å². The number of hydrogen-bond donors (Lipinski definition) is 0. The first-order chi connectivity index (χ1) is 13.0. The van der Waals surface area contributed by atoms with E-state index < -0.39 is 0 Å². The SMILES string of the molecule is CC(C)[C@@H]1CC[C@@H](C)C[C@H]1OC(=O)CSc1nnc(-c2ccccc2)n1C. The average Bonchev–Trinajstić information content (AvgIpc) is 3.01. The minimum Gasteiger partial charge on any atom is -0.461 e. The molecule has 0 unspecified atom stereocenters. The highest BCUT2D eigenvalue weighted by molar-refractivity contribution is 7.99. The number of ether oxygens (including phenoxy) is 1. The Balaban J connectivity index is 1.58. The highest BCUT2D eigenvalue weighted by Gasteiger charge is 2.33. The molecule has 3 atom stereocenters. The molecule has 27 heavy (non-hydrogen) atoms. The van der Waals surface area contributed by atoms with Gasteiger partial charge in [-0.1, -0.05) is 69.3 Å². The number of rotatable bonds is 6. The van der Waals surface area contributed by atoms with E-state index in [2.05, 4.69) is 31.0 Å². The smallest absolute Gasteiger partial charge is 0.316 e. The predicted octanol–water partition coefficient (Wildman–Crippen LogP) is 4.58. The van der Waals surface area contributed by atoms with Crippen molar-refractivity contribution >= 4 is 17.7 Å². The lowest BCUT2D eigenvalue weighted by molar-refractivity contribution is -0.152. The summed E-state index contributed by atoms with van der Waals surface area (Å²) < 4.78 is 7.79. The van der Waals surface area contributed by atoms with Gasteiger partial charge in [-0.3, -0.25) is 4.79 Å².